The second kappa shape index (κ2) is 6.71. The van der Waals surface area contributed by atoms with Crippen LogP contribution in [0.25, 0.3) is 0 Å². The minimum atomic E-state index is -0.352. The van der Waals surface area contributed by atoms with Gasteiger partial charge in [-0.3, -0.25) is 14.3 Å². The van der Waals surface area contributed by atoms with Gasteiger partial charge in [-0.1, -0.05) is 12.1 Å². The Labute approximate surface area is 154 Å². The summed E-state index contributed by atoms with van der Waals surface area (Å²) in [4.78, 5) is 24.5. The minimum Gasteiger partial charge on any atom is -0.469 e. The summed E-state index contributed by atoms with van der Waals surface area (Å²) < 4.78 is 20.0. The predicted molar refractivity (Wildman–Crippen MR) is 95.7 cm³/mol. The molecule has 8 heteroatoms. The number of benzene rings is 1. The lowest BCUT2D eigenvalue weighted by Crippen LogP contribution is -2.25. The van der Waals surface area contributed by atoms with Crippen molar-refractivity contribution in [3.8, 4) is 0 Å². The van der Waals surface area contributed by atoms with Gasteiger partial charge in [0.15, 0.2) is 5.82 Å². The van der Waals surface area contributed by atoms with Crippen LogP contribution in [0, 0.1) is 5.82 Å². The highest BCUT2D eigenvalue weighted by atomic mass is 19.1. The Morgan fingerprint density at radius 1 is 1.37 bits per heavy atom. The standard InChI is InChI=1S/C19H17FN4O3/c1-24-19-17(13(10-16(26)22-19)14-3-2-8-27-14)18(23-24)21-15(25)9-11-4-6-12(20)7-5-11/h2-8,13H,9-10H2,1H3,(H,22,26)(H,21,23,25). The third-order valence-electron chi connectivity index (χ3n) is 4.50. The zero-order chi connectivity index (χ0) is 19.0. The van der Waals surface area contributed by atoms with Crippen molar-refractivity contribution in [1.82, 2.24) is 9.78 Å². The number of aromatic nitrogens is 2. The summed E-state index contributed by atoms with van der Waals surface area (Å²) in [6.07, 6.45) is 1.83. The molecule has 3 heterocycles. The summed E-state index contributed by atoms with van der Waals surface area (Å²) in [5, 5.41) is 9.95. The highest BCUT2D eigenvalue weighted by Gasteiger charge is 2.34. The monoisotopic (exact) mass is 368 g/mol. The summed E-state index contributed by atoms with van der Waals surface area (Å²) in [6, 6.07) is 9.31. The van der Waals surface area contributed by atoms with Crippen LogP contribution in [0.4, 0.5) is 16.0 Å². The van der Waals surface area contributed by atoms with E-state index in [1.54, 1.807) is 37.6 Å². The van der Waals surface area contributed by atoms with Gasteiger partial charge in [-0.25, -0.2) is 4.39 Å². The molecule has 1 aliphatic rings. The van der Waals surface area contributed by atoms with Gasteiger partial charge >= 0.3 is 0 Å². The molecule has 1 aliphatic heterocycles. The van der Waals surface area contributed by atoms with Crippen LogP contribution in [0.2, 0.25) is 0 Å². The number of carbonyl (C=O) groups is 2. The van der Waals surface area contributed by atoms with E-state index < -0.39 is 0 Å². The van der Waals surface area contributed by atoms with Gasteiger partial charge in [-0.05, 0) is 29.8 Å². The second-order valence-corrected chi connectivity index (χ2v) is 6.41. The summed E-state index contributed by atoms with van der Waals surface area (Å²) in [5.41, 5.74) is 1.40. The molecule has 0 bridgehead atoms. The Morgan fingerprint density at radius 2 is 2.15 bits per heavy atom. The third-order valence-corrected chi connectivity index (χ3v) is 4.50. The van der Waals surface area contributed by atoms with Gasteiger partial charge in [-0.15, -0.1) is 0 Å². The molecule has 0 saturated heterocycles. The lowest BCUT2D eigenvalue weighted by atomic mass is 9.91. The lowest BCUT2D eigenvalue weighted by molar-refractivity contribution is -0.117. The fraction of sp³-hybridized carbons (Fsp3) is 0.211. The van der Waals surface area contributed by atoms with Crippen LogP contribution in [-0.2, 0) is 23.1 Å². The van der Waals surface area contributed by atoms with E-state index in [9.17, 15) is 14.0 Å². The van der Waals surface area contributed by atoms with E-state index in [-0.39, 0.29) is 36.4 Å². The normalized spacial score (nSPS) is 15.9. The molecule has 2 N–H and O–H groups in total. The van der Waals surface area contributed by atoms with Crippen molar-refractivity contribution < 1.29 is 18.4 Å². The van der Waals surface area contributed by atoms with Gasteiger partial charge in [-0.2, -0.15) is 5.10 Å². The predicted octanol–water partition coefficient (Wildman–Crippen LogP) is 2.81. The van der Waals surface area contributed by atoms with Crippen LogP contribution in [0.5, 0.6) is 0 Å². The van der Waals surface area contributed by atoms with Gasteiger partial charge in [0.05, 0.1) is 24.2 Å². The number of furan rings is 1. The lowest BCUT2D eigenvalue weighted by Gasteiger charge is -2.22. The number of fused-ring (bicyclic) bond motifs is 1. The number of anilines is 2. The van der Waals surface area contributed by atoms with Crippen LogP contribution >= 0.6 is 0 Å². The maximum absolute atomic E-state index is 13.0. The Morgan fingerprint density at radius 3 is 2.85 bits per heavy atom. The quantitative estimate of drug-likeness (QED) is 0.741. The van der Waals surface area contributed by atoms with Crippen LogP contribution < -0.4 is 10.6 Å². The van der Waals surface area contributed by atoms with E-state index in [1.165, 1.54) is 16.8 Å². The summed E-state index contributed by atoms with van der Waals surface area (Å²) in [5.74, 6) is 0.432. The first kappa shape index (κ1) is 17.0. The fourth-order valence-corrected chi connectivity index (χ4v) is 3.28. The Kier molecular flexibility index (Phi) is 4.23. The number of rotatable bonds is 4. The number of hydrogen-bond donors (Lipinski definition) is 2. The maximum Gasteiger partial charge on any atom is 0.230 e. The number of nitrogens with one attached hydrogen (secondary N) is 2. The molecule has 4 rings (SSSR count). The van der Waals surface area contributed by atoms with E-state index in [1.807, 2.05) is 0 Å². The van der Waals surface area contributed by atoms with Gasteiger partial charge in [0.25, 0.3) is 0 Å². The molecule has 0 spiro atoms. The van der Waals surface area contributed by atoms with Crippen LogP contribution in [0.1, 0.15) is 29.2 Å². The molecular weight excluding hydrogens is 351 g/mol. The molecule has 0 saturated carbocycles. The molecule has 27 heavy (non-hydrogen) atoms. The van der Waals surface area contributed by atoms with Crippen LogP contribution in [0.15, 0.2) is 47.1 Å². The number of hydrogen-bond acceptors (Lipinski definition) is 4. The number of amides is 2. The van der Waals surface area contributed by atoms with E-state index in [4.69, 9.17) is 4.42 Å². The molecule has 0 radical (unpaired) electrons. The molecule has 2 amide bonds. The first-order valence-corrected chi connectivity index (χ1v) is 8.45. The zero-order valence-electron chi connectivity index (χ0n) is 14.5. The van der Waals surface area contributed by atoms with Gasteiger partial charge in [0, 0.05) is 13.5 Å². The molecule has 0 aliphatic carbocycles. The number of aryl methyl sites for hydroxylation is 1. The number of halogens is 1. The maximum atomic E-state index is 13.0. The molecule has 2 aromatic heterocycles. The van der Waals surface area contributed by atoms with Gasteiger partial charge < -0.3 is 15.1 Å². The van der Waals surface area contributed by atoms with Crippen molar-refractivity contribution in [2.45, 2.75) is 18.8 Å². The second-order valence-electron chi connectivity index (χ2n) is 6.41. The molecule has 7 nitrogen and oxygen atoms in total. The Bertz CT molecular complexity index is 993. The fourth-order valence-electron chi connectivity index (χ4n) is 3.28. The van der Waals surface area contributed by atoms with Crippen LogP contribution in [0.3, 0.4) is 0 Å². The number of carbonyl (C=O) groups excluding carboxylic acids is 2. The molecule has 1 atom stereocenters. The Balaban J connectivity index is 1.62. The highest BCUT2D eigenvalue weighted by Crippen LogP contribution is 2.41. The summed E-state index contributed by atoms with van der Waals surface area (Å²) in [6.45, 7) is 0. The van der Waals surface area contributed by atoms with Crippen molar-refractivity contribution in [3.63, 3.8) is 0 Å². The average molecular weight is 368 g/mol. The molecule has 3 aromatic rings. The third kappa shape index (κ3) is 3.33. The average Bonchev–Trinajstić information content (AvgIpc) is 3.26. The molecular formula is C19H17FN4O3. The molecule has 1 unspecified atom stereocenters. The van der Waals surface area contributed by atoms with E-state index in [0.717, 1.165) is 0 Å². The van der Waals surface area contributed by atoms with Crippen LogP contribution in [-0.4, -0.2) is 21.6 Å². The molecule has 138 valence electrons. The molecule has 1 aromatic carbocycles. The SMILES string of the molecule is Cn1nc(NC(=O)Cc2ccc(F)cc2)c2c1NC(=O)CC2c1ccco1. The van der Waals surface area contributed by atoms with E-state index in [2.05, 4.69) is 15.7 Å². The largest absolute Gasteiger partial charge is 0.469 e. The highest BCUT2D eigenvalue weighted by molar-refractivity contribution is 5.98. The molecule has 0 fully saturated rings. The first-order chi connectivity index (χ1) is 13.0. The topological polar surface area (TPSA) is 89.2 Å². The van der Waals surface area contributed by atoms with E-state index in [0.29, 0.717) is 28.5 Å². The van der Waals surface area contributed by atoms with E-state index >= 15 is 0 Å². The van der Waals surface area contributed by atoms with Gasteiger partial charge in [0.1, 0.15) is 17.4 Å². The Hall–Kier alpha value is -3.42. The minimum absolute atomic E-state index is 0.0867. The van der Waals surface area contributed by atoms with Crippen molar-refractivity contribution in [2.75, 3.05) is 10.6 Å². The van der Waals surface area contributed by atoms with Gasteiger partial charge in [0.2, 0.25) is 11.8 Å². The van der Waals surface area contributed by atoms with Crippen molar-refractivity contribution in [1.29, 1.82) is 0 Å². The smallest absolute Gasteiger partial charge is 0.230 e. The number of nitrogens with zero attached hydrogens (tertiary/aromatic N) is 2. The summed E-state index contributed by atoms with van der Waals surface area (Å²) >= 11 is 0. The van der Waals surface area contributed by atoms with Crippen molar-refractivity contribution in [2.24, 2.45) is 7.05 Å². The van der Waals surface area contributed by atoms with Crippen molar-refractivity contribution in [3.05, 3.63) is 65.4 Å². The zero-order valence-corrected chi connectivity index (χ0v) is 14.5. The summed E-state index contributed by atoms with van der Waals surface area (Å²) in [7, 11) is 1.69. The first-order valence-electron chi connectivity index (χ1n) is 8.45. The van der Waals surface area contributed by atoms with Crippen molar-refractivity contribution >= 4 is 23.5 Å².